The van der Waals surface area contributed by atoms with Crippen molar-refractivity contribution in [3.63, 3.8) is 0 Å². The zero-order valence-corrected chi connectivity index (χ0v) is 18.0. The number of amides is 5. The number of hydrogen-bond acceptors (Lipinski definition) is 7. The van der Waals surface area contributed by atoms with E-state index in [9.17, 15) is 24.0 Å². The smallest absolute Gasteiger partial charge is 0.409 e. The van der Waals surface area contributed by atoms with Gasteiger partial charge in [-0.2, -0.15) is 0 Å². The molecule has 10 nitrogen and oxygen atoms in total. The minimum atomic E-state index is -0.981. The van der Waals surface area contributed by atoms with Crippen LogP contribution in [-0.4, -0.2) is 78.3 Å². The van der Waals surface area contributed by atoms with Crippen molar-refractivity contribution in [1.29, 1.82) is 0 Å². The molecule has 1 atom stereocenters. The highest BCUT2D eigenvalue weighted by Gasteiger charge is 2.44. The van der Waals surface area contributed by atoms with Crippen molar-refractivity contribution in [2.75, 3.05) is 37.7 Å². The van der Waals surface area contributed by atoms with E-state index >= 15 is 0 Å². The number of carbonyl (C=O) groups is 5. The molecule has 0 aliphatic carbocycles. The van der Waals surface area contributed by atoms with Gasteiger partial charge < -0.3 is 14.5 Å². The monoisotopic (exact) mass is 442 g/mol. The number of hydrogen-bond donors (Lipinski definition) is 1. The molecule has 0 aromatic heterocycles. The molecule has 2 fully saturated rings. The number of anilines is 1. The van der Waals surface area contributed by atoms with Gasteiger partial charge in [0, 0.05) is 38.3 Å². The molecule has 0 saturated carbocycles. The third kappa shape index (κ3) is 4.04. The summed E-state index contributed by atoms with van der Waals surface area (Å²) in [6.45, 7) is 4.59. The number of piperidine rings is 1. The SMILES string of the molecule is CCCCOC(=O)N1CCN(c2ccc3c(c2)C(=O)N(C2CCC(=O)NC2=O)C3=O)CC1. The fraction of sp³-hybridized carbons (Fsp3) is 0.500. The Bertz CT molecular complexity index is 969. The van der Waals surface area contributed by atoms with Crippen LogP contribution >= 0.6 is 0 Å². The maximum atomic E-state index is 13.0. The fourth-order valence-corrected chi connectivity index (χ4v) is 4.20. The van der Waals surface area contributed by atoms with Crippen molar-refractivity contribution in [3.8, 4) is 0 Å². The quantitative estimate of drug-likeness (QED) is 0.537. The normalized spacial score (nSPS) is 21.0. The number of nitrogens with one attached hydrogen (secondary N) is 1. The highest BCUT2D eigenvalue weighted by molar-refractivity contribution is 6.23. The molecule has 2 saturated heterocycles. The summed E-state index contributed by atoms with van der Waals surface area (Å²) in [4.78, 5) is 66.2. The number of fused-ring (bicyclic) bond motifs is 1. The Balaban J connectivity index is 1.43. The van der Waals surface area contributed by atoms with Gasteiger partial charge in [-0.15, -0.1) is 0 Å². The summed E-state index contributed by atoms with van der Waals surface area (Å²) in [5.74, 6) is -2.08. The van der Waals surface area contributed by atoms with E-state index in [1.54, 1.807) is 23.1 Å². The molecule has 0 radical (unpaired) electrons. The summed E-state index contributed by atoms with van der Waals surface area (Å²) in [6, 6.07) is 4.05. The number of imide groups is 2. The molecule has 3 aliphatic rings. The van der Waals surface area contributed by atoms with Crippen molar-refractivity contribution < 1.29 is 28.7 Å². The molecule has 3 aliphatic heterocycles. The zero-order valence-electron chi connectivity index (χ0n) is 18.0. The van der Waals surface area contributed by atoms with Gasteiger partial charge in [-0.1, -0.05) is 13.3 Å². The molecule has 0 bridgehead atoms. The molecule has 1 unspecified atom stereocenters. The van der Waals surface area contributed by atoms with Gasteiger partial charge in [-0.25, -0.2) is 4.79 Å². The Labute approximate surface area is 185 Å². The number of piperazine rings is 1. The Morgan fingerprint density at radius 2 is 1.78 bits per heavy atom. The summed E-state index contributed by atoms with van der Waals surface area (Å²) >= 11 is 0. The van der Waals surface area contributed by atoms with Crippen LogP contribution in [0.4, 0.5) is 10.5 Å². The maximum absolute atomic E-state index is 13.0. The standard InChI is InChI=1S/C22H26N4O6/c1-2-3-12-32-22(31)25-10-8-24(9-11-25)14-4-5-15-16(13-14)21(30)26(20(15)29)17-6-7-18(27)23-19(17)28/h4-5,13,17H,2-3,6-12H2,1H3,(H,23,27,28). The lowest BCUT2D eigenvalue weighted by molar-refractivity contribution is -0.136. The van der Waals surface area contributed by atoms with Crippen LogP contribution in [0.2, 0.25) is 0 Å². The molecule has 3 heterocycles. The zero-order chi connectivity index (χ0) is 22.8. The van der Waals surface area contributed by atoms with Crippen molar-refractivity contribution >= 4 is 35.4 Å². The predicted octanol–water partition coefficient (Wildman–Crippen LogP) is 1.15. The summed E-state index contributed by atoms with van der Waals surface area (Å²) in [5, 5.41) is 2.19. The number of benzene rings is 1. The van der Waals surface area contributed by atoms with E-state index in [4.69, 9.17) is 4.74 Å². The Hall–Kier alpha value is -3.43. The van der Waals surface area contributed by atoms with E-state index in [0.717, 1.165) is 23.4 Å². The van der Waals surface area contributed by atoms with E-state index in [1.807, 2.05) is 11.8 Å². The van der Waals surface area contributed by atoms with Gasteiger partial charge in [0.25, 0.3) is 11.8 Å². The lowest BCUT2D eigenvalue weighted by Gasteiger charge is -2.35. The van der Waals surface area contributed by atoms with E-state index in [2.05, 4.69) is 5.32 Å². The van der Waals surface area contributed by atoms with E-state index in [-0.39, 0.29) is 30.1 Å². The molecule has 1 N–H and O–H groups in total. The van der Waals surface area contributed by atoms with Gasteiger partial charge in [0.1, 0.15) is 6.04 Å². The number of ether oxygens (including phenoxy) is 1. The summed E-state index contributed by atoms with van der Waals surface area (Å²) in [7, 11) is 0. The molecule has 1 aromatic carbocycles. The first kappa shape index (κ1) is 21.8. The Kier molecular flexibility index (Phi) is 6.11. The van der Waals surface area contributed by atoms with Gasteiger partial charge in [-0.3, -0.25) is 29.4 Å². The minimum Gasteiger partial charge on any atom is -0.449 e. The Morgan fingerprint density at radius 3 is 2.47 bits per heavy atom. The highest BCUT2D eigenvalue weighted by atomic mass is 16.6. The van der Waals surface area contributed by atoms with Crippen LogP contribution in [0.1, 0.15) is 53.3 Å². The first-order valence-corrected chi connectivity index (χ1v) is 10.9. The molecular weight excluding hydrogens is 416 g/mol. The molecule has 5 amide bonds. The van der Waals surface area contributed by atoms with E-state index in [1.165, 1.54) is 0 Å². The van der Waals surface area contributed by atoms with E-state index in [0.29, 0.717) is 32.8 Å². The molecular formula is C22H26N4O6. The van der Waals surface area contributed by atoms with E-state index < -0.39 is 29.7 Å². The van der Waals surface area contributed by atoms with Crippen LogP contribution < -0.4 is 10.2 Å². The largest absolute Gasteiger partial charge is 0.449 e. The lowest BCUT2D eigenvalue weighted by atomic mass is 10.0. The first-order valence-electron chi connectivity index (χ1n) is 10.9. The first-order chi connectivity index (χ1) is 15.4. The number of nitrogens with zero attached hydrogens (tertiary/aromatic N) is 3. The molecule has 0 spiro atoms. The number of unbranched alkanes of at least 4 members (excludes halogenated alkanes) is 1. The summed E-state index contributed by atoms with van der Waals surface area (Å²) in [5.41, 5.74) is 1.27. The second-order valence-electron chi connectivity index (χ2n) is 8.12. The number of rotatable bonds is 5. The second kappa shape index (κ2) is 8.97. The van der Waals surface area contributed by atoms with Gasteiger partial charge in [0.05, 0.1) is 17.7 Å². The van der Waals surface area contributed by atoms with Crippen LogP contribution in [0.3, 0.4) is 0 Å². The third-order valence-corrected chi connectivity index (χ3v) is 6.05. The molecule has 1 aromatic rings. The van der Waals surface area contributed by atoms with Crippen LogP contribution in [0, 0.1) is 0 Å². The summed E-state index contributed by atoms with van der Waals surface area (Å²) in [6.07, 6.45) is 1.69. The molecule has 4 rings (SSSR count). The van der Waals surface area contributed by atoms with Gasteiger partial charge >= 0.3 is 6.09 Å². The predicted molar refractivity (Wildman–Crippen MR) is 113 cm³/mol. The van der Waals surface area contributed by atoms with Crippen molar-refractivity contribution in [2.45, 2.75) is 38.6 Å². The minimum absolute atomic E-state index is 0.0836. The van der Waals surface area contributed by atoms with Crippen LogP contribution in [-0.2, 0) is 14.3 Å². The summed E-state index contributed by atoms with van der Waals surface area (Å²) < 4.78 is 5.26. The average molecular weight is 442 g/mol. The topological polar surface area (TPSA) is 116 Å². The van der Waals surface area contributed by atoms with Crippen LogP contribution in [0.25, 0.3) is 0 Å². The molecule has 32 heavy (non-hydrogen) atoms. The highest BCUT2D eigenvalue weighted by Crippen LogP contribution is 2.31. The molecule has 170 valence electrons. The van der Waals surface area contributed by atoms with Crippen LogP contribution in [0.5, 0.6) is 0 Å². The lowest BCUT2D eigenvalue weighted by Crippen LogP contribution is -2.54. The van der Waals surface area contributed by atoms with Crippen molar-refractivity contribution in [1.82, 2.24) is 15.1 Å². The number of carbonyl (C=O) groups excluding carboxylic acids is 5. The second-order valence-corrected chi connectivity index (χ2v) is 8.12. The maximum Gasteiger partial charge on any atom is 0.409 e. The Morgan fingerprint density at radius 1 is 1.06 bits per heavy atom. The molecule has 10 heteroatoms. The van der Waals surface area contributed by atoms with Gasteiger partial charge in [0.15, 0.2) is 0 Å². The van der Waals surface area contributed by atoms with Gasteiger partial charge in [-0.05, 0) is 31.0 Å². The third-order valence-electron chi connectivity index (χ3n) is 6.05. The van der Waals surface area contributed by atoms with Crippen LogP contribution in [0.15, 0.2) is 18.2 Å². The van der Waals surface area contributed by atoms with Crippen molar-refractivity contribution in [3.05, 3.63) is 29.3 Å². The fourth-order valence-electron chi connectivity index (χ4n) is 4.20. The average Bonchev–Trinajstić information content (AvgIpc) is 3.04. The van der Waals surface area contributed by atoms with Gasteiger partial charge in [0.2, 0.25) is 11.8 Å². The van der Waals surface area contributed by atoms with Crippen molar-refractivity contribution in [2.24, 2.45) is 0 Å².